The second-order valence-electron chi connectivity index (χ2n) is 9.21. The number of imide groups is 1. The second-order valence-corrected chi connectivity index (χ2v) is 9.21. The van der Waals surface area contributed by atoms with Gasteiger partial charge in [-0.05, 0) is 36.8 Å². The lowest BCUT2D eigenvalue weighted by Crippen LogP contribution is -2.32. The van der Waals surface area contributed by atoms with Crippen LogP contribution in [-0.4, -0.2) is 62.6 Å². The molecule has 0 saturated carbocycles. The van der Waals surface area contributed by atoms with Crippen LogP contribution in [0.1, 0.15) is 24.0 Å². The summed E-state index contributed by atoms with van der Waals surface area (Å²) in [5.41, 5.74) is 2.86. The highest BCUT2D eigenvalue weighted by molar-refractivity contribution is 6.15. The number of anilines is 4. The van der Waals surface area contributed by atoms with Crippen LogP contribution in [0, 0.1) is 11.3 Å². The largest absolute Gasteiger partial charge is 0.354 e. The van der Waals surface area contributed by atoms with Gasteiger partial charge in [0.25, 0.3) is 5.91 Å². The van der Waals surface area contributed by atoms with Crippen molar-refractivity contribution < 1.29 is 9.59 Å². The van der Waals surface area contributed by atoms with Crippen LogP contribution in [0.2, 0.25) is 0 Å². The molecular weight excluding hydrogens is 496 g/mol. The van der Waals surface area contributed by atoms with Gasteiger partial charge in [-0.3, -0.25) is 14.9 Å². The van der Waals surface area contributed by atoms with Gasteiger partial charge in [-0.1, -0.05) is 18.2 Å². The zero-order chi connectivity index (χ0) is 26.8. The number of fused-ring (bicyclic) bond motifs is 1. The molecule has 0 atom stereocenters. The lowest BCUT2D eigenvalue weighted by atomic mass is 10.1. The summed E-state index contributed by atoms with van der Waals surface area (Å²) in [6.07, 6.45) is 5.80. The molecule has 0 bridgehead atoms. The first-order valence-corrected chi connectivity index (χ1v) is 12.6. The summed E-state index contributed by atoms with van der Waals surface area (Å²) in [4.78, 5) is 42.2. The molecule has 2 aliphatic heterocycles. The molecule has 2 fully saturated rings. The molecule has 1 aromatic carbocycles. The van der Waals surface area contributed by atoms with E-state index in [0.29, 0.717) is 59.7 Å². The lowest BCUT2D eigenvalue weighted by molar-refractivity contribution is -0.124. The molecule has 12 nitrogen and oxygen atoms in total. The number of nitrogens with one attached hydrogen (secondary N) is 2. The minimum atomic E-state index is -0.407. The standard InChI is InChI=1S/C27H24N10O2/c28-16-18-6-4-9-29-23(18)35-10-5-11-36(13-12-35)26-33-24-20(14-19-15-22(38)32-25(19)39)17-30-37(24)27(34-26)31-21-7-2-1-3-8-21/h1-4,6-9,14,17H,5,10-13,15H2,(H,31,33,34)(H,32,38,39). The summed E-state index contributed by atoms with van der Waals surface area (Å²) in [6.45, 7) is 2.70. The Kier molecular flexibility index (Phi) is 6.30. The molecule has 4 aromatic rings. The summed E-state index contributed by atoms with van der Waals surface area (Å²) in [6, 6.07) is 15.4. The van der Waals surface area contributed by atoms with Crippen molar-refractivity contribution in [2.24, 2.45) is 0 Å². The average Bonchev–Trinajstić information content (AvgIpc) is 3.40. The topological polar surface area (TPSA) is 144 Å². The van der Waals surface area contributed by atoms with Crippen LogP contribution >= 0.6 is 0 Å². The van der Waals surface area contributed by atoms with E-state index in [2.05, 4.69) is 36.6 Å². The fourth-order valence-corrected chi connectivity index (χ4v) is 4.73. The van der Waals surface area contributed by atoms with E-state index >= 15 is 0 Å². The van der Waals surface area contributed by atoms with Gasteiger partial charge in [0.2, 0.25) is 17.8 Å². The quantitative estimate of drug-likeness (QED) is 0.297. The SMILES string of the molecule is N#Cc1cccnc1N1CCCN(c2nc(Nc3ccccc3)n3ncc(C=C4CC(=O)NC4=O)c3n2)CC1. The zero-order valence-electron chi connectivity index (χ0n) is 20.9. The third-order valence-corrected chi connectivity index (χ3v) is 6.62. The molecule has 0 spiro atoms. The molecule has 6 rings (SSSR count). The molecule has 39 heavy (non-hydrogen) atoms. The Labute approximate surface area is 223 Å². The fourth-order valence-electron chi connectivity index (χ4n) is 4.73. The number of benzene rings is 1. The summed E-state index contributed by atoms with van der Waals surface area (Å²) in [7, 11) is 0. The third kappa shape index (κ3) is 4.85. The highest BCUT2D eigenvalue weighted by Crippen LogP contribution is 2.25. The van der Waals surface area contributed by atoms with Gasteiger partial charge in [-0.15, -0.1) is 0 Å². The summed E-state index contributed by atoms with van der Waals surface area (Å²) in [5.74, 6) is 0.923. The molecule has 2 N–H and O–H groups in total. The van der Waals surface area contributed by atoms with E-state index in [-0.39, 0.29) is 12.3 Å². The molecular formula is C27H24N10O2. The van der Waals surface area contributed by atoms with Gasteiger partial charge in [-0.2, -0.15) is 24.8 Å². The van der Waals surface area contributed by atoms with E-state index in [1.807, 2.05) is 30.3 Å². The molecule has 3 aromatic heterocycles. The predicted molar refractivity (Wildman–Crippen MR) is 144 cm³/mol. The van der Waals surface area contributed by atoms with Crippen molar-refractivity contribution in [3.05, 3.63) is 71.6 Å². The maximum Gasteiger partial charge on any atom is 0.254 e. The summed E-state index contributed by atoms with van der Waals surface area (Å²) in [5, 5.41) is 19.6. The van der Waals surface area contributed by atoms with Crippen LogP contribution in [-0.2, 0) is 9.59 Å². The number of carbonyl (C=O) groups is 2. The number of hydrogen-bond donors (Lipinski definition) is 2. The van der Waals surface area contributed by atoms with E-state index in [1.165, 1.54) is 0 Å². The molecule has 194 valence electrons. The minimum Gasteiger partial charge on any atom is -0.354 e. The Morgan fingerprint density at radius 1 is 1.00 bits per heavy atom. The van der Waals surface area contributed by atoms with Crippen LogP contribution in [0.5, 0.6) is 0 Å². The van der Waals surface area contributed by atoms with E-state index in [1.54, 1.807) is 35.1 Å². The summed E-state index contributed by atoms with van der Waals surface area (Å²) >= 11 is 0. The zero-order valence-corrected chi connectivity index (χ0v) is 20.9. The van der Waals surface area contributed by atoms with Crippen molar-refractivity contribution in [2.75, 3.05) is 41.3 Å². The number of pyridine rings is 1. The van der Waals surface area contributed by atoms with Gasteiger partial charge in [-0.25, -0.2) is 4.98 Å². The van der Waals surface area contributed by atoms with Gasteiger partial charge in [0.05, 0.1) is 18.2 Å². The van der Waals surface area contributed by atoms with Crippen molar-refractivity contribution in [3.8, 4) is 6.07 Å². The van der Waals surface area contributed by atoms with Gasteiger partial charge in [0.15, 0.2) is 5.65 Å². The van der Waals surface area contributed by atoms with Crippen molar-refractivity contribution in [1.82, 2.24) is 29.9 Å². The lowest BCUT2D eigenvalue weighted by Gasteiger charge is -2.23. The monoisotopic (exact) mass is 520 g/mol. The summed E-state index contributed by atoms with van der Waals surface area (Å²) < 4.78 is 1.59. The average molecular weight is 521 g/mol. The Balaban J connectivity index is 1.36. The van der Waals surface area contributed by atoms with Crippen molar-refractivity contribution >= 4 is 46.9 Å². The number of hydrogen-bond acceptors (Lipinski definition) is 10. The van der Waals surface area contributed by atoms with E-state index in [4.69, 9.17) is 9.97 Å². The Morgan fingerprint density at radius 2 is 1.82 bits per heavy atom. The van der Waals surface area contributed by atoms with E-state index in [9.17, 15) is 14.9 Å². The number of para-hydroxylation sites is 1. The van der Waals surface area contributed by atoms with Gasteiger partial charge in [0, 0.05) is 49.2 Å². The van der Waals surface area contributed by atoms with Crippen LogP contribution in [0.4, 0.5) is 23.4 Å². The first kappa shape index (κ1) is 24.1. The Hall–Kier alpha value is -5.31. The number of aromatic nitrogens is 5. The van der Waals surface area contributed by atoms with Gasteiger partial charge < -0.3 is 15.1 Å². The van der Waals surface area contributed by atoms with Crippen molar-refractivity contribution in [3.63, 3.8) is 0 Å². The van der Waals surface area contributed by atoms with Crippen LogP contribution in [0.15, 0.2) is 60.4 Å². The van der Waals surface area contributed by atoms with Gasteiger partial charge >= 0.3 is 0 Å². The highest BCUT2D eigenvalue weighted by Gasteiger charge is 2.26. The van der Waals surface area contributed by atoms with E-state index < -0.39 is 5.91 Å². The van der Waals surface area contributed by atoms with E-state index in [0.717, 1.165) is 18.7 Å². The van der Waals surface area contributed by atoms with Crippen LogP contribution in [0.25, 0.3) is 11.7 Å². The normalized spacial score (nSPS) is 16.8. The molecule has 0 unspecified atom stereocenters. The van der Waals surface area contributed by atoms with Crippen LogP contribution < -0.4 is 20.4 Å². The molecule has 12 heteroatoms. The predicted octanol–water partition coefficient (Wildman–Crippen LogP) is 2.28. The maximum absolute atomic E-state index is 12.2. The molecule has 0 aliphatic carbocycles. The minimum absolute atomic E-state index is 0.0173. The van der Waals surface area contributed by atoms with Crippen molar-refractivity contribution in [2.45, 2.75) is 12.8 Å². The van der Waals surface area contributed by atoms with Gasteiger partial charge in [0.1, 0.15) is 11.9 Å². The second kappa shape index (κ2) is 10.2. The number of nitriles is 1. The number of carbonyl (C=O) groups excluding carboxylic acids is 2. The molecule has 2 aliphatic rings. The molecule has 2 saturated heterocycles. The fraction of sp³-hybridized carbons (Fsp3) is 0.222. The molecule has 2 amide bonds. The van der Waals surface area contributed by atoms with Crippen molar-refractivity contribution in [1.29, 1.82) is 5.26 Å². The molecule has 5 heterocycles. The smallest absolute Gasteiger partial charge is 0.254 e. The maximum atomic E-state index is 12.2. The number of rotatable bonds is 5. The third-order valence-electron chi connectivity index (χ3n) is 6.62. The Morgan fingerprint density at radius 3 is 2.62 bits per heavy atom. The number of nitrogens with zero attached hydrogens (tertiary/aromatic N) is 8. The first-order chi connectivity index (χ1) is 19.1. The molecule has 0 radical (unpaired) electrons. The first-order valence-electron chi connectivity index (χ1n) is 12.6. The Bertz CT molecular complexity index is 1640. The number of amides is 2. The van der Waals surface area contributed by atoms with Crippen LogP contribution in [0.3, 0.4) is 0 Å². The highest BCUT2D eigenvalue weighted by atomic mass is 16.2.